The zero-order valence-corrected chi connectivity index (χ0v) is 16.4. The molecule has 9 nitrogen and oxygen atoms in total. The molecule has 2 aromatic carbocycles. The smallest absolute Gasteiger partial charge is 0.241 e. The third kappa shape index (κ3) is 4.21. The van der Waals surface area contributed by atoms with E-state index in [4.69, 9.17) is 4.52 Å². The second-order valence-electron chi connectivity index (χ2n) is 6.50. The van der Waals surface area contributed by atoms with E-state index in [9.17, 15) is 8.42 Å². The predicted molar refractivity (Wildman–Crippen MR) is 104 cm³/mol. The molecule has 0 saturated carbocycles. The van der Waals surface area contributed by atoms with Crippen LogP contribution in [0.15, 0.2) is 65.2 Å². The Morgan fingerprint density at radius 1 is 1.03 bits per heavy atom. The molecule has 0 radical (unpaired) electrons. The first-order valence-corrected chi connectivity index (χ1v) is 10.6. The van der Waals surface area contributed by atoms with E-state index in [1.807, 2.05) is 48.5 Å². The summed E-state index contributed by atoms with van der Waals surface area (Å²) in [6.45, 7) is 1.54. The van der Waals surface area contributed by atoms with Gasteiger partial charge in [0, 0.05) is 6.42 Å². The van der Waals surface area contributed by atoms with Crippen molar-refractivity contribution < 1.29 is 12.9 Å². The number of aromatic nitrogens is 6. The van der Waals surface area contributed by atoms with Crippen LogP contribution in [-0.2, 0) is 22.0 Å². The molecule has 4 aromatic rings. The molecular weight excluding hydrogens is 392 g/mol. The zero-order valence-electron chi connectivity index (χ0n) is 15.6. The lowest BCUT2D eigenvalue weighted by Crippen LogP contribution is -2.17. The summed E-state index contributed by atoms with van der Waals surface area (Å²) < 4.78 is 32.4. The number of rotatable bonds is 7. The number of tetrazole rings is 1. The lowest BCUT2D eigenvalue weighted by Gasteiger charge is -2.11. The Morgan fingerprint density at radius 3 is 2.45 bits per heavy atom. The maximum absolute atomic E-state index is 12.9. The van der Waals surface area contributed by atoms with Gasteiger partial charge in [0.15, 0.2) is 21.5 Å². The summed E-state index contributed by atoms with van der Waals surface area (Å²) >= 11 is 0. The largest absolute Gasteiger partial charge is 0.338 e. The van der Waals surface area contributed by atoms with Crippen molar-refractivity contribution in [2.45, 2.75) is 24.3 Å². The summed E-state index contributed by atoms with van der Waals surface area (Å²) in [5.41, 5.74) is 1.69. The highest BCUT2D eigenvalue weighted by atomic mass is 32.2. The summed E-state index contributed by atoms with van der Waals surface area (Å²) in [7, 11) is -3.69. The number of sulfone groups is 1. The van der Waals surface area contributed by atoms with Crippen molar-refractivity contribution in [2.24, 2.45) is 0 Å². The average Bonchev–Trinajstić information content (AvgIpc) is 3.38. The molecule has 0 aliphatic carbocycles. The van der Waals surface area contributed by atoms with E-state index in [2.05, 4.69) is 25.7 Å². The number of nitrogens with zero attached hydrogens (tertiary/aromatic N) is 6. The summed E-state index contributed by atoms with van der Waals surface area (Å²) in [6, 6.07) is 18.7. The SMILES string of the molecule is CC(c1nnnn1-c1ccccc1)S(=O)(=O)Cc1nc(Cc2ccccc2)no1. The Labute approximate surface area is 167 Å². The van der Waals surface area contributed by atoms with Gasteiger partial charge in [0.1, 0.15) is 11.0 Å². The molecule has 0 spiro atoms. The van der Waals surface area contributed by atoms with E-state index in [0.29, 0.717) is 17.9 Å². The molecule has 2 heterocycles. The predicted octanol–water partition coefficient (Wildman–Crippen LogP) is 2.31. The molecule has 29 heavy (non-hydrogen) atoms. The van der Waals surface area contributed by atoms with Gasteiger partial charge in [-0.25, -0.2) is 8.42 Å². The van der Waals surface area contributed by atoms with E-state index in [-0.39, 0.29) is 11.7 Å². The fourth-order valence-electron chi connectivity index (χ4n) is 2.86. The lowest BCUT2D eigenvalue weighted by molar-refractivity contribution is 0.383. The molecular formula is C19H18N6O3S. The van der Waals surface area contributed by atoms with Crippen LogP contribution < -0.4 is 0 Å². The Morgan fingerprint density at radius 2 is 1.72 bits per heavy atom. The van der Waals surface area contributed by atoms with Crippen LogP contribution in [0.5, 0.6) is 0 Å². The minimum Gasteiger partial charge on any atom is -0.338 e. The van der Waals surface area contributed by atoms with Crippen LogP contribution in [0.2, 0.25) is 0 Å². The molecule has 0 saturated heterocycles. The van der Waals surface area contributed by atoms with Gasteiger partial charge in [-0.1, -0.05) is 53.7 Å². The second-order valence-corrected chi connectivity index (χ2v) is 8.82. The fraction of sp³-hybridized carbons (Fsp3) is 0.211. The van der Waals surface area contributed by atoms with E-state index in [0.717, 1.165) is 5.56 Å². The average molecular weight is 410 g/mol. The summed E-state index contributed by atoms with van der Waals surface area (Å²) in [5, 5.41) is 14.4. The molecule has 0 amide bonds. The van der Waals surface area contributed by atoms with Crippen LogP contribution >= 0.6 is 0 Å². The fourth-order valence-corrected chi connectivity index (χ4v) is 4.04. The van der Waals surface area contributed by atoms with Crippen molar-refractivity contribution in [3.8, 4) is 5.69 Å². The third-order valence-electron chi connectivity index (χ3n) is 4.44. The standard InChI is InChI=1S/C19H18N6O3S/c1-14(19-21-23-24-25(19)16-10-6-3-7-11-16)29(26,27)13-18-20-17(22-28-18)12-15-8-4-2-5-9-15/h2-11,14H,12-13H2,1H3. The molecule has 0 aliphatic heterocycles. The molecule has 0 bridgehead atoms. The van der Waals surface area contributed by atoms with Crippen molar-refractivity contribution in [1.29, 1.82) is 0 Å². The number of para-hydroxylation sites is 1. The Balaban J connectivity index is 1.52. The highest BCUT2D eigenvalue weighted by molar-refractivity contribution is 7.90. The van der Waals surface area contributed by atoms with Crippen molar-refractivity contribution in [3.63, 3.8) is 0 Å². The molecule has 2 aromatic heterocycles. The highest BCUT2D eigenvalue weighted by Crippen LogP contribution is 2.24. The topological polar surface area (TPSA) is 117 Å². The second kappa shape index (κ2) is 7.92. The first-order chi connectivity index (χ1) is 14.0. The van der Waals surface area contributed by atoms with E-state index >= 15 is 0 Å². The highest BCUT2D eigenvalue weighted by Gasteiger charge is 2.30. The van der Waals surface area contributed by atoms with E-state index < -0.39 is 20.8 Å². The van der Waals surface area contributed by atoms with Crippen molar-refractivity contribution in [1.82, 2.24) is 30.3 Å². The van der Waals surface area contributed by atoms with Crippen LogP contribution in [0.25, 0.3) is 5.69 Å². The van der Waals surface area contributed by atoms with Gasteiger partial charge >= 0.3 is 0 Å². The van der Waals surface area contributed by atoms with Crippen LogP contribution in [0.1, 0.15) is 35.3 Å². The molecule has 148 valence electrons. The van der Waals surface area contributed by atoms with Crippen LogP contribution in [0.4, 0.5) is 0 Å². The normalized spacial score (nSPS) is 12.7. The third-order valence-corrected chi connectivity index (χ3v) is 6.37. The molecule has 10 heteroatoms. The van der Waals surface area contributed by atoms with Gasteiger partial charge in [0.2, 0.25) is 5.89 Å². The number of hydrogen-bond donors (Lipinski definition) is 0. The molecule has 0 aliphatic rings. The number of hydrogen-bond acceptors (Lipinski definition) is 8. The molecule has 4 rings (SSSR count). The van der Waals surface area contributed by atoms with E-state index in [1.54, 1.807) is 19.1 Å². The van der Waals surface area contributed by atoms with Gasteiger partial charge < -0.3 is 4.52 Å². The summed E-state index contributed by atoms with van der Waals surface area (Å²) in [6.07, 6.45) is 0.464. The van der Waals surface area contributed by atoms with Gasteiger partial charge in [0.05, 0.1) is 5.69 Å². The van der Waals surface area contributed by atoms with Gasteiger partial charge in [-0.05, 0) is 35.0 Å². The van der Waals surface area contributed by atoms with Crippen LogP contribution in [0, 0.1) is 0 Å². The molecule has 1 unspecified atom stereocenters. The van der Waals surface area contributed by atoms with Gasteiger partial charge in [0.25, 0.3) is 0 Å². The van der Waals surface area contributed by atoms with Gasteiger partial charge in [-0.3, -0.25) is 0 Å². The Hall–Kier alpha value is -3.40. The summed E-state index contributed by atoms with van der Waals surface area (Å²) in [4.78, 5) is 4.22. The quantitative estimate of drug-likeness (QED) is 0.456. The van der Waals surface area contributed by atoms with E-state index in [1.165, 1.54) is 4.68 Å². The van der Waals surface area contributed by atoms with Crippen molar-refractivity contribution in [2.75, 3.05) is 0 Å². The minimum absolute atomic E-state index is 0.0431. The Kier molecular flexibility index (Phi) is 5.17. The van der Waals surface area contributed by atoms with Crippen molar-refractivity contribution in [3.05, 3.63) is 83.8 Å². The maximum Gasteiger partial charge on any atom is 0.241 e. The Bertz CT molecular complexity index is 1190. The molecule has 1 atom stereocenters. The lowest BCUT2D eigenvalue weighted by atomic mass is 10.1. The van der Waals surface area contributed by atoms with Gasteiger partial charge in [-0.15, -0.1) is 5.10 Å². The number of benzene rings is 2. The summed E-state index contributed by atoms with van der Waals surface area (Å²) in [5.74, 6) is 0.308. The monoisotopic (exact) mass is 410 g/mol. The molecule has 0 N–H and O–H groups in total. The zero-order chi connectivity index (χ0) is 20.3. The van der Waals surface area contributed by atoms with Gasteiger partial charge in [-0.2, -0.15) is 9.67 Å². The van der Waals surface area contributed by atoms with Crippen LogP contribution in [-0.4, -0.2) is 38.8 Å². The van der Waals surface area contributed by atoms with Crippen molar-refractivity contribution >= 4 is 9.84 Å². The minimum atomic E-state index is -3.69. The first-order valence-electron chi connectivity index (χ1n) is 8.93. The van der Waals surface area contributed by atoms with Crippen LogP contribution in [0.3, 0.4) is 0 Å². The maximum atomic E-state index is 12.9. The first kappa shape index (κ1) is 18.9. The molecule has 0 fully saturated rings.